The van der Waals surface area contributed by atoms with E-state index in [0.29, 0.717) is 34.6 Å². The van der Waals surface area contributed by atoms with E-state index in [1.54, 1.807) is 12.1 Å². The number of carbonyl (C=O) groups is 2. The molecule has 158 valence electrons. The van der Waals surface area contributed by atoms with Gasteiger partial charge in [-0.25, -0.2) is 0 Å². The van der Waals surface area contributed by atoms with Gasteiger partial charge in [0.1, 0.15) is 0 Å². The van der Waals surface area contributed by atoms with Crippen molar-refractivity contribution in [3.8, 4) is 17.2 Å². The number of ether oxygens (including phenoxy) is 4. The molecular weight excluding hydrogens is 440 g/mol. The van der Waals surface area contributed by atoms with Crippen LogP contribution in [0.4, 0.5) is 0 Å². The van der Waals surface area contributed by atoms with Crippen LogP contribution < -0.4 is 14.2 Å². The fourth-order valence-electron chi connectivity index (χ4n) is 6.00. The van der Waals surface area contributed by atoms with Crippen molar-refractivity contribution in [2.24, 2.45) is 17.3 Å². The third kappa shape index (κ3) is 3.62. The summed E-state index contributed by atoms with van der Waals surface area (Å²) < 4.78 is 21.5. The van der Waals surface area contributed by atoms with Gasteiger partial charge < -0.3 is 18.9 Å². The van der Waals surface area contributed by atoms with E-state index in [2.05, 4.69) is 15.9 Å². The fraction of sp³-hybridized carbons (Fsp3) is 0.636. The highest BCUT2D eigenvalue weighted by Gasteiger charge is 2.60. The van der Waals surface area contributed by atoms with Crippen molar-refractivity contribution in [1.29, 1.82) is 0 Å². The van der Waals surface area contributed by atoms with Gasteiger partial charge in [0.05, 0.1) is 26.7 Å². The summed E-state index contributed by atoms with van der Waals surface area (Å²) in [5.41, 5.74) is -0.0850. The highest BCUT2D eigenvalue weighted by molar-refractivity contribution is 9.10. The van der Waals surface area contributed by atoms with E-state index in [9.17, 15) is 9.59 Å². The minimum atomic E-state index is -0.441. The lowest BCUT2D eigenvalue weighted by molar-refractivity contribution is -0.168. The van der Waals surface area contributed by atoms with Crippen LogP contribution in [0.2, 0.25) is 0 Å². The van der Waals surface area contributed by atoms with Gasteiger partial charge in [0.2, 0.25) is 11.5 Å². The number of halogens is 1. The Kier molecular flexibility index (Phi) is 5.30. The summed E-state index contributed by atoms with van der Waals surface area (Å²) >= 11 is 3.91. The second-order valence-electron chi connectivity index (χ2n) is 8.81. The van der Waals surface area contributed by atoms with Crippen LogP contribution >= 0.6 is 15.9 Å². The monoisotopic (exact) mass is 466 g/mol. The first-order valence-corrected chi connectivity index (χ1v) is 10.8. The molecular formula is C22H27BrO6. The zero-order chi connectivity index (χ0) is 20.8. The Hall–Kier alpha value is -1.76. The molecule has 1 aromatic carbocycles. The third-order valence-corrected chi connectivity index (χ3v) is 7.67. The van der Waals surface area contributed by atoms with Gasteiger partial charge in [-0.15, -0.1) is 0 Å². The molecule has 4 fully saturated rings. The number of esters is 1. The lowest BCUT2D eigenvalue weighted by Gasteiger charge is -2.58. The lowest BCUT2D eigenvalue weighted by atomic mass is 9.49. The van der Waals surface area contributed by atoms with Crippen LogP contribution in [-0.4, -0.2) is 44.0 Å². The normalized spacial score (nSPS) is 32.0. The summed E-state index contributed by atoms with van der Waals surface area (Å²) in [4.78, 5) is 25.8. The number of methoxy groups -OCH3 is 3. The number of hydrogen-bond acceptors (Lipinski definition) is 6. The van der Waals surface area contributed by atoms with E-state index < -0.39 is 5.41 Å². The maximum atomic E-state index is 13.1. The number of ketones is 1. The van der Waals surface area contributed by atoms with Gasteiger partial charge in [0.15, 0.2) is 18.1 Å². The van der Waals surface area contributed by atoms with Gasteiger partial charge in [-0.1, -0.05) is 15.9 Å². The molecule has 2 unspecified atom stereocenters. The summed E-state index contributed by atoms with van der Waals surface area (Å²) in [6, 6.07) is 3.16. The van der Waals surface area contributed by atoms with Crippen LogP contribution in [-0.2, 0) is 9.53 Å². The van der Waals surface area contributed by atoms with E-state index in [0.717, 1.165) is 32.1 Å². The predicted molar refractivity (Wildman–Crippen MR) is 110 cm³/mol. The van der Waals surface area contributed by atoms with Crippen molar-refractivity contribution in [2.75, 3.05) is 27.9 Å². The van der Waals surface area contributed by atoms with Crippen molar-refractivity contribution < 1.29 is 28.5 Å². The van der Waals surface area contributed by atoms with Crippen LogP contribution in [0, 0.1) is 17.3 Å². The average molecular weight is 467 g/mol. The van der Waals surface area contributed by atoms with E-state index in [-0.39, 0.29) is 22.7 Å². The Balaban J connectivity index is 1.47. The molecule has 7 heteroatoms. The summed E-state index contributed by atoms with van der Waals surface area (Å²) in [6.45, 7) is -0.288. The first-order valence-electron chi connectivity index (χ1n) is 10.0. The third-order valence-electron chi connectivity index (χ3n) is 6.74. The molecule has 0 aromatic heterocycles. The molecule has 0 amide bonds. The Bertz CT molecular complexity index is 796. The minimum Gasteiger partial charge on any atom is -0.493 e. The predicted octanol–water partition coefficient (Wildman–Crippen LogP) is 4.17. The molecule has 4 aliphatic carbocycles. The lowest BCUT2D eigenvalue weighted by Crippen LogP contribution is -2.56. The number of carbonyl (C=O) groups excluding carboxylic acids is 2. The topological polar surface area (TPSA) is 71.1 Å². The fourth-order valence-corrected chi connectivity index (χ4v) is 7.45. The number of hydrogen-bond donors (Lipinski definition) is 0. The van der Waals surface area contributed by atoms with Crippen molar-refractivity contribution in [3.05, 3.63) is 17.7 Å². The molecule has 5 rings (SSSR count). The highest BCUT2D eigenvalue weighted by atomic mass is 79.9. The Morgan fingerprint density at radius 2 is 1.59 bits per heavy atom. The molecule has 0 aliphatic heterocycles. The van der Waals surface area contributed by atoms with Crippen LogP contribution in [0.15, 0.2) is 12.1 Å². The molecule has 4 saturated carbocycles. The Labute approximate surface area is 179 Å². The molecule has 6 nitrogen and oxygen atoms in total. The van der Waals surface area contributed by atoms with Gasteiger partial charge in [0, 0.05) is 9.89 Å². The maximum Gasteiger partial charge on any atom is 0.312 e. The van der Waals surface area contributed by atoms with Crippen LogP contribution in [0.3, 0.4) is 0 Å². The van der Waals surface area contributed by atoms with Crippen LogP contribution in [0.25, 0.3) is 0 Å². The Morgan fingerprint density at radius 1 is 1.00 bits per heavy atom. The maximum absolute atomic E-state index is 13.1. The summed E-state index contributed by atoms with van der Waals surface area (Å²) in [6.07, 6.45) is 6.07. The van der Waals surface area contributed by atoms with E-state index in [4.69, 9.17) is 18.9 Å². The molecule has 0 radical (unpaired) electrons. The van der Waals surface area contributed by atoms with Crippen LogP contribution in [0.5, 0.6) is 17.2 Å². The number of rotatable bonds is 7. The Morgan fingerprint density at radius 3 is 2.07 bits per heavy atom. The standard InChI is InChI=1S/C22H27BrO6/c1-26-17-5-15(6-18(27-2)19(17)28-3)16(24)11-29-20(25)21-7-13-4-14(8-21)10-22(23,9-13)12-21/h5-6,13-14H,4,7-12H2,1-3H3. The average Bonchev–Trinajstić information content (AvgIpc) is 2.68. The smallest absolute Gasteiger partial charge is 0.312 e. The zero-order valence-corrected chi connectivity index (χ0v) is 18.7. The molecule has 0 N–H and O–H groups in total. The van der Waals surface area contributed by atoms with E-state index in [1.807, 2.05) is 0 Å². The first-order chi connectivity index (χ1) is 13.8. The molecule has 4 aliphatic rings. The molecule has 2 atom stereocenters. The van der Waals surface area contributed by atoms with Crippen LogP contribution in [0.1, 0.15) is 48.9 Å². The highest BCUT2D eigenvalue weighted by Crippen LogP contribution is 2.64. The van der Waals surface area contributed by atoms with Gasteiger partial charge in [-0.2, -0.15) is 0 Å². The second kappa shape index (κ2) is 7.49. The minimum absolute atomic E-state index is 0.0663. The second-order valence-corrected chi connectivity index (χ2v) is 10.5. The number of Topliss-reactive ketones (excluding diaryl/α,β-unsaturated/α-hetero) is 1. The van der Waals surface area contributed by atoms with Gasteiger partial charge in [-0.3, -0.25) is 9.59 Å². The number of alkyl halides is 1. The van der Waals surface area contributed by atoms with Gasteiger partial charge in [-0.05, 0) is 62.5 Å². The van der Waals surface area contributed by atoms with E-state index in [1.165, 1.54) is 27.8 Å². The molecule has 1 aromatic rings. The van der Waals surface area contributed by atoms with Crippen molar-refractivity contribution in [2.45, 2.75) is 42.8 Å². The molecule has 4 bridgehead atoms. The summed E-state index contributed by atoms with van der Waals surface area (Å²) in [7, 11) is 4.50. The SMILES string of the molecule is COc1cc(C(=O)COC(=O)C23CC4CC(CC(Br)(C4)C2)C3)cc(OC)c1OC. The van der Waals surface area contributed by atoms with Crippen molar-refractivity contribution in [3.63, 3.8) is 0 Å². The quantitative estimate of drug-likeness (QED) is 0.341. The van der Waals surface area contributed by atoms with Crippen molar-refractivity contribution in [1.82, 2.24) is 0 Å². The molecule has 0 spiro atoms. The molecule has 0 heterocycles. The summed E-state index contributed by atoms with van der Waals surface area (Å²) in [5, 5.41) is 0. The zero-order valence-electron chi connectivity index (χ0n) is 17.1. The van der Waals surface area contributed by atoms with Gasteiger partial charge in [0.25, 0.3) is 0 Å². The largest absolute Gasteiger partial charge is 0.493 e. The summed E-state index contributed by atoms with van der Waals surface area (Å²) in [5.74, 6) is 1.84. The molecule has 29 heavy (non-hydrogen) atoms. The van der Waals surface area contributed by atoms with Gasteiger partial charge >= 0.3 is 5.97 Å². The molecule has 0 saturated heterocycles. The first kappa shape index (κ1) is 20.5. The van der Waals surface area contributed by atoms with E-state index >= 15 is 0 Å². The number of benzene rings is 1. The van der Waals surface area contributed by atoms with Crippen molar-refractivity contribution >= 4 is 27.7 Å².